The Balaban J connectivity index is 0.000000134. The normalized spacial score (nSPS) is 10.3. The summed E-state index contributed by atoms with van der Waals surface area (Å²) in [6.07, 6.45) is 0. The van der Waals surface area contributed by atoms with Crippen LogP contribution >= 0.6 is 0 Å². The van der Waals surface area contributed by atoms with Crippen molar-refractivity contribution in [1.29, 1.82) is 0 Å². The van der Waals surface area contributed by atoms with Gasteiger partial charge in [0.2, 0.25) is 0 Å². The minimum atomic E-state index is 1.16. The van der Waals surface area contributed by atoms with Crippen LogP contribution in [0, 0.1) is 0 Å². The third kappa shape index (κ3) is 23.6. The van der Waals surface area contributed by atoms with E-state index in [1.54, 1.807) is 0 Å². The van der Waals surface area contributed by atoms with Crippen molar-refractivity contribution >= 4 is 171 Å². The van der Waals surface area contributed by atoms with Crippen LogP contribution in [0.2, 0.25) is 0 Å². The highest BCUT2D eigenvalue weighted by molar-refractivity contribution is 6.06. The Bertz CT molecular complexity index is 7330. The number of nitrogens with zero attached hydrogens (tertiary/aromatic N) is 5. The molecule has 0 spiro atoms. The monoisotopic (exact) mass is 1780 g/mol. The van der Waals surface area contributed by atoms with Crippen LogP contribution < -0.4 is 24.5 Å². The first-order valence-electron chi connectivity index (χ1n) is 48.3. The zero-order valence-corrected chi connectivity index (χ0v) is 80.3. The van der Waals surface area contributed by atoms with Gasteiger partial charge in [0.1, 0.15) is 0 Å². The third-order valence-electron chi connectivity index (χ3n) is 23.1. The van der Waals surface area contributed by atoms with Crippen molar-refractivity contribution in [2.75, 3.05) is 24.5 Å². The van der Waals surface area contributed by atoms with E-state index in [0.717, 1.165) is 56.9 Å². The predicted molar refractivity (Wildman–Crippen MR) is 602 cm³/mol. The number of rotatable bonds is 15. The molecule has 0 aromatic heterocycles. The van der Waals surface area contributed by atoms with Crippen LogP contribution in [0.3, 0.4) is 0 Å². The van der Waals surface area contributed by atoms with Gasteiger partial charge in [0.05, 0.1) is 22.7 Å². The maximum atomic E-state index is 2.37. The van der Waals surface area contributed by atoms with E-state index < -0.39 is 0 Å². The summed E-state index contributed by atoms with van der Waals surface area (Å²) < 4.78 is 0. The van der Waals surface area contributed by atoms with Gasteiger partial charge in [-0.3, -0.25) is 0 Å². The highest BCUT2D eigenvalue weighted by Crippen LogP contribution is 2.46. The van der Waals surface area contributed by atoms with E-state index in [4.69, 9.17) is 0 Å². The van der Waals surface area contributed by atoms with Gasteiger partial charge in [0.15, 0.2) is 0 Å². The molecule has 0 N–H and O–H groups in total. The van der Waals surface area contributed by atoms with Gasteiger partial charge in [-0.2, -0.15) is 0 Å². The lowest BCUT2D eigenvalue weighted by atomic mass is 10.0. The molecule has 674 valence electrons. The van der Waals surface area contributed by atoms with Crippen molar-refractivity contribution in [2.24, 2.45) is 0 Å². The van der Waals surface area contributed by atoms with Crippen LogP contribution in [0.1, 0.15) is 69.2 Å². The topological polar surface area (TPSA) is 16.2 Å². The first-order chi connectivity index (χ1) is 68.0. The summed E-state index contributed by atoms with van der Waals surface area (Å²) >= 11 is 0. The lowest BCUT2D eigenvalue weighted by molar-refractivity contribution is 1.29. The highest BCUT2D eigenvalue weighted by Gasteiger charge is 2.21. The fourth-order valence-electron chi connectivity index (χ4n) is 17.1. The first kappa shape index (κ1) is 96.2. The summed E-state index contributed by atoms with van der Waals surface area (Å²) in [5.74, 6) is 0. The molecule has 0 amide bonds. The predicted octanol–water partition coefficient (Wildman–Crippen LogP) is 40.1. The van der Waals surface area contributed by atoms with Crippen LogP contribution in [0.4, 0.5) is 85.3 Å². The average Bonchev–Trinajstić information content (AvgIpc) is 0.762. The molecule has 0 aliphatic rings. The summed E-state index contributed by atoms with van der Waals surface area (Å²) in [6.45, 7) is 20.0. The second kappa shape index (κ2) is 50.1. The largest absolute Gasteiger partial charge is 0.310 e. The Labute approximate surface area is 811 Å². The zero-order chi connectivity index (χ0) is 95.1. The number of hydrogen-bond acceptors (Lipinski definition) is 5. The molecule has 23 rings (SSSR count). The molecular formula is C132H121N5. The van der Waals surface area contributed by atoms with Crippen molar-refractivity contribution in [3.8, 4) is 0 Å². The smallest absolute Gasteiger partial charge is 0.0540 e. The second-order valence-corrected chi connectivity index (χ2v) is 31.1. The molecule has 0 saturated carbocycles. The van der Waals surface area contributed by atoms with E-state index in [9.17, 15) is 0 Å². The molecule has 23 aromatic carbocycles. The van der Waals surface area contributed by atoms with E-state index in [1.165, 1.54) is 115 Å². The molecule has 0 radical (unpaired) electrons. The molecule has 0 fully saturated rings. The van der Waals surface area contributed by atoms with Gasteiger partial charge in [-0.15, -0.1) is 0 Å². The molecule has 23 aromatic rings. The average molecular weight is 1780 g/mol. The van der Waals surface area contributed by atoms with Crippen LogP contribution in [0.25, 0.3) is 86.2 Å². The van der Waals surface area contributed by atoms with Crippen LogP contribution in [0.5, 0.6) is 0 Å². The van der Waals surface area contributed by atoms with Crippen molar-refractivity contribution in [1.82, 2.24) is 0 Å². The minimum absolute atomic E-state index is 1.16. The SMILES string of the molecule is CC.CC.CC.CC.CC.c1ccc(N(c2ccc3ccccc3c2)c2ccc3ccccc3c2)cc1.c1ccc(N(c2ccc3ccccc3c2)c2cccc3ccccc23)cc1.c1ccc(N(c2cccc3ccccc23)c2cccc3ccccc23)cc1.c1ccc(N(c2ccccc2)c2ccc3ccccc3c2)cc1.c1ccc(N(c2ccccc2)c2cccc3ccccc23)cc1. The van der Waals surface area contributed by atoms with Crippen LogP contribution in [-0.2, 0) is 0 Å². The summed E-state index contributed by atoms with van der Waals surface area (Å²) in [4.78, 5) is 11.6. The molecule has 137 heavy (non-hydrogen) atoms. The fraction of sp³-hybridized carbons (Fsp3) is 0.0758. The molecule has 0 aliphatic carbocycles. The van der Waals surface area contributed by atoms with Crippen molar-refractivity contribution in [3.63, 3.8) is 0 Å². The lowest BCUT2D eigenvalue weighted by Crippen LogP contribution is -2.10. The lowest BCUT2D eigenvalue weighted by Gasteiger charge is -2.28. The molecule has 0 atom stereocenters. The Morgan fingerprint density at radius 3 is 0.467 bits per heavy atom. The maximum Gasteiger partial charge on any atom is 0.0540 e. The van der Waals surface area contributed by atoms with Gasteiger partial charge in [-0.05, 0) is 222 Å². The van der Waals surface area contributed by atoms with Crippen LogP contribution in [-0.4, -0.2) is 0 Å². The van der Waals surface area contributed by atoms with Gasteiger partial charge < -0.3 is 24.5 Å². The molecule has 0 bridgehead atoms. The van der Waals surface area contributed by atoms with Crippen molar-refractivity contribution < 1.29 is 0 Å². The van der Waals surface area contributed by atoms with E-state index in [1.807, 2.05) is 81.4 Å². The van der Waals surface area contributed by atoms with E-state index in [2.05, 4.69) is 564 Å². The minimum Gasteiger partial charge on any atom is -0.310 e. The number of para-hydroxylation sites is 7. The molecule has 0 aliphatic heterocycles. The van der Waals surface area contributed by atoms with Crippen molar-refractivity contribution in [2.45, 2.75) is 69.2 Å². The number of anilines is 15. The molecule has 5 heteroatoms. The van der Waals surface area contributed by atoms with Gasteiger partial charge >= 0.3 is 0 Å². The Morgan fingerprint density at radius 2 is 0.241 bits per heavy atom. The molecule has 5 nitrogen and oxygen atoms in total. The molecule has 0 unspecified atom stereocenters. The van der Waals surface area contributed by atoms with Gasteiger partial charge in [0.25, 0.3) is 0 Å². The standard InChI is InChI=1S/3C26H19N.2C22H17N.5C2H6/c1-2-14-22(15-3-1)27(25-18-8-12-20-10-4-6-16-23(20)25)26-19-9-13-21-11-5-7-17-24(21)26;1-2-12-24(13-3-1)27(25-16-14-20-8-4-6-10-22(20)18-25)26-17-15-21-9-5-7-11-23(21)19-26;1-2-13-23(14-3-1)27(24-18-17-20-9-4-5-11-22(20)19-24)26-16-8-12-21-10-6-7-15-25(21)26;1-3-12-19(13-4-1)23(20-14-5-2-6-15-20)22-17-9-11-18-10-7-8-16-21(18)22;1-3-11-20(12-4-1)23(21-13-5-2-6-14-21)22-16-15-18-9-7-8-10-19(18)17-22;5*1-2/h3*1-19H;2*1-17H;5*1-2H3. The third-order valence-corrected chi connectivity index (χ3v) is 23.1. The summed E-state index contributed by atoms with van der Waals surface area (Å²) in [5, 5.41) is 20.0. The molecule has 0 saturated heterocycles. The summed E-state index contributed by atoms with van der Waals surface area (Å²) in [6, 6.07) is 195. The highest BCUT2D eigenvalue weighted by atomic mass is 15.2. The summed E-state index contributed by atoms with van der Waals surface area (Å²) in [7, 11) is 0. The zero-order valence-electron chi connectivity index (χ0n) is 80.3. The number of fused-ring (bicyclic) bond motifs is 8. The van der Waals surface area contributed by atoms with Crippen molar-refractivity contribution in [3.05, 3.63) is 552 Å². The number of hydrogen-bond donors (Lipinski definition) is 0. The van der Waals surface area contributed by atoms with Gasteiger partial charge in [0, 0.05) is 84.1 Å². The Morgan fingerprint density at radius 1 is 0.0949 bits per heavy atom. The molecular weight excluding hydrogens is 1660 g/mol. The Hall–Kier alpha value is -16.9. The fourth-order valence-corrected chi connectivity index (χ4v) is 17.1. The quantitative estimate of drug-likeness (QED) is 0.101. The van der Waals surface area contributed by atoms with Crippen LogP contribution in [0.15, 0.2) is 552 Å². The van der Waals surface area contributed by atoms with Gasteiger partial charge in [-0.25, -0.2) is 0 Å². The maximum absolute atomic E-state index is 2.37. The van der Waals surface area contributed by atoms with E-state index >= 15 is 0 Å². The Kier molecular flexibility index (Phi) is 35.2. The van der Waals surface area contributed by atoms with E-state index in [0.29, 0.717) is 0 Å². The second-order valence-electron chi connectivity index (χ2n) is 31.1. The van der Waals surface area contributed by atoms with Gasteiger partial charge in [-0.1, -0.05) is 464 Å². The summed E-state index contributed by atoms with van der Waals surface area (Å²) in [5.41, 5.74) is 17.5. The van der Waals surface area contributed by atoms with E-state index in [-0.39, 0.29) is 0 Å². The number of benzene rings is 23. The first-order valence-corrected chi connectivity index (χ1v) is 48.3. The molecule has 0 heterocycles.